The van der Waals surface area contributed by atoms with Gasteiger partial charge in [-0.15, -0.1) is 34.9 Å². The molecule has 0 saturated heterocycles. The molecule has 0 fully saturated rings. The van der Waals surface area contributed by atoms with Crippen LogP contribution in [-0.4, -0.2) is 23.0 Å². The Morgan fingerprint density at radius 2 is 1.67 bits per heavy atom. The Hall–Kier alpha value is -3.19. The van der Waals surface area contributed by atoms with Crippen LogP contribution in [0.25, 0.3) is 17.5 Å². The van der Waals surface area contributed by atoms with E-state index in [1.165, 1.54) is 4.57 Å². The molecule has 9 heteroatoms. The smallest absolute Gasteiger partial charge is 0.274 e. The molecule has 1 aromatic heterocycles. The summed E-state index contributed by atoms with van der Waals surface area (Å²) in [5, 5.41) is 9.92. The zero-order valence-corrected chi connectivity index (χ0v) is 20.3. The monoisotopic (exact) mass is 492 g/mol. The highest BCUT2D eigenvalue weighted by Gasteiger charge is 2.34. The molecule has 0 aliphatic carbocycles. The zero-order valence-electron chi connectivity index (χ0n) is 17.9. The Kier molecular flexibility index (Phi) is 6.51. The predicted molar refractivity (Wildman–Crippen MR) is 136 cm³/mol. The number of nitriles is 1. The Bertz CT molecular complexity index is 1490. The molecule has 0 spiro atoms. The Morgan fingerprint density at radius 3 is 2.18 bits per heavy atom. The molecule has 3 aromatic rings. The number of thioether (sulfide) groups is 2. The van der Waals surface area contributed by atoms with E-state index in [9.17, 15) is 14.9 Å². The Morgan fingerprint density at radius 1 is 1.09 bits per heavy atom. The molecule has 4 rings (SSSR count). The van der Waals surface area contributed by atoms with Gasteiger partial charge in [0, 0.05) is 9.79 Å². The van der Waals surface area contributed by atoms with Gasteiger partial charge in [-0.2, -0.15) is 5.26 Å². The summed E-state index contributed by atoms with van der Waals surface area (Å²) in [6.07, 6.45) is 5.71. The molecule has 166 valence electrons. The predicted octanol–water partition coefficient (Wildman–Crippen LogP) is 2.27. The van der Waals surface area contributed by atoms with E-state index in [0.29, 0.717) is 14.8 Å². The maximum Gasteiger partial charge on any atom is 0.274 e. The largest absolute Gasteiger partial charge is 0.384 e. The van der Waals surface area contributed by atoms with E-state index in [1.807, 2.05) is 61.0 Å². The number of aromatic nitrogens is 1. The summed E-state index contributed by atoms with van der Waals surface area (Å²) in [5.74, 6) is -1.41. The number of benzene rings is 2. The maximum atomic E-state index is 13.3. The molecule has 1 atom stereocenters. The summed E-state index contributed by atoms with van der Waals surface area (Å²) in [5.41, 5.74) is 13.6. The van der Waals surface area contributed by atoms with E-state index >= 15 is 0 Å². The zero-order chi connectivity index (χ0) is 23.7. The molecule has 1 aliphatic heterocycles. The number of primary amides is 1. The lowest BCUT2D eigenvalue weighted by Gasteiger charge is -2.24. The van der Waals surface area contributed by atoms with Crippen molar-refractivity contribution in [2.75, 3.05) is 12.5 Å². The summed E-state index contributed by atoms with van der Waals surface area (Å²) < 4.78 is 1.99. The number of carbonyl (C=O) groups excluding carboxylic acids is 1. The lowest BCUT2D eigenvalue weighted by molar-refractivity contribution is -0.113. The minimum Gasteiger partial charge on any atom is -0.384 e. The van der Waals surface area contributed by atoms with Crippen LogP contribution in [0.5, 0.6) is 0 Å². The van der Waals surface area contributed by atoms with Gasteiger partial charge in [-0.05, 0) is 54.0 Å². The molecule has 0 bridgehead atoms. The van der Waals surface area contributed by atoms with Gasteiger partial charge in [-0.25, -0.2) is 0 Å². The second-order valence-corrected chi connectivity index (χ2v) is 10.0. The molecule has 2 heterocycles. The summed E-state index contributed by atoms with van der Waals surface area (Å²) in [6, 6.07) is 17.4. The van der Waals surface area contributed by atoms with Gasteiger partial charge in [0.15, 0.2) is 0 Å². The fourth-order valence-corrected chi connectivity index (χ4v) is 5.77. The van der Waals surface area contributed by atoms with E-state index in [4.69, 9.17) is 11.5 Å². The fourth-order valence-electron chi connectivity index (χ4n) is 3.77. The summed E-state index contributed by atoms with van der Waals surface area (Å²) in [4.78, 5) is 28.0. The third-order valence-electron chi connectivity index (χ3n) is 5.40. The van der Waals surface area contributed by atoms with Crippen LogP contribution in [0, 0.1) is 11.3 Å². The molecular formula is C24H20N4O2S3. The normalized spacial score (nSPS) is 16.0. The van der Waals surface area contributed by atoms with Crippen LogP contribution >= 0.6 is 34.9 Å². The summed E-state index contributed by atoms with van der Waals surface area (Å²) >= 11 is 4.37. The number of nitrogens with two attached hydrogens (primary N) is 2. The van der Waals surface area contributed by atoms with Gasteiger partial charge in [0.1, 0.15) is 10.5 Å². The summed E-state index contributed by atoms with van der Waals surface area (Å²) in [6.45, 7) is 0. The Labute approximate surface area is 202 Å². The quantitative estimate of drug-likeness (QED) is 0.528. The van der Waals surface area contributed by atoms with Crippen molar-refractivity contribution in [2.45, 2.75) is 15.7 Å². The van der Waals surface area contributed by atoms with Gasteiger partial charge < -0.3 is 11.5 Å². The van der Waals surface area contributed by atoms with Gasteiger partial charge in [0.2, 0.25) is 5.91 Å². The molecule has 0 radical (unpaired) electrons. The van der Waals surface area contributed by atoms with Gasteiger partial charge in [-0.3, -0.25) is 14.2 Å². The molecule has 33 heavy (non-hydrogen) atoms. The number of hydrogen-bond acceptors (Lipinski definition) is 7. The van der Waals surface area contributed by atoms with Crippen molar-refractivity contribution in [1.82, 2.24) is 4.57 Å². The van der Waals surface area contributed by atoms with Crippen molar-refractivity contribution >= 4 is 58.2 Å². The first-order chi connectivity index (χ1) is 15.9. The van der Waals surface area contributed by atoms with Crippen molar-refractivity contribution in [1.29, 1.82) is 5.26 Å². The van der Waals surface area contributed by atoms with E-state index in [1.54, 1.807) is 29.6 Å². The van der Waals surface area contributed by atoms with E-state index in [2.05, 4.69) is 6.07 Å². The van der Waals surface area contributed by atoms with Crippen LogP contribution < -0.4 is 26.2 Å². The Balaban J connectivity index is 2.01. The van der Waals surface area contributed by atoms with Crippen LogP contribution in [-0.2, 0) is 4.79 Å². The highest BCUT2D eigenvalue weighted by atomic mass is 32.2. The molecule has 1 aliphatic rings. The van der Waals surface area contributed by atoms with Gasteiger partial charge >= 0.3 is 0 Å². The average molecular weight is 493 g/mol. The molecule has 2 aromatic carbocycles. The number of fused-ring (bicyclic) bond motifs is 1. The minimum absolute atomic E-state index is 0.0232. The number of rotatable bonds is 5. The van der Waals surface area contributed by atoms with Crippen LogP contribution in [0.3, 0.4) is 0 Å². The second-order valence-electron chi connectivity index (χ2n) is 7.22. The first kappa shape index (κ1) is 23.0. The highest BCUT2D eigenvalue weighted by molar-refractivity contribution is 7.98. The van der Waals surface area contributed by atoms with E-state index in [-0.39, 0.29) is 22.5 Å². The molecule has 1 amide bonds. The third kappa shape index (κ3) is 4.13. The molecular weight excluding hydrogens is 472 g/mol. The third-order valence-corrected chi connectivity index (χ3v) is 7.99. The van der Waals surface area contributed by atoms with Gasteiger partial charge in [-0.1, -0.05) is 24.3 Å². The van der Waals surface area contributed by atoms with Crippen LogP contribution in [0.2, 0.25) is 0 Å². The fraction of sp³-hybridized carbons (Fsp3) is 0.125. The van der Waals surface area contributed by atoms with Gasteiger partial charge in [0.25, 0.3) is 5.56 Å². The minimum atomic E-state index is -0.741. The van der Waals surface area contributed by atoms with Crippen molar-refractivity contribution in [2.24, 2.45) is 11.5 Å². The van der Waals surface area contributed by atoms with Crippen LogP contribution in [0.4, 0.5) is 0 Å². The lowest BCUT2D eigenvalue weighted by atomic mass is 9.83. The average Bonchev–Trinajstić information content (AvgIpc) is 3.15. The van der Waals surface area contributed by atoms with Crippen molar-refractivity contribution < 1.29 is 4.79 Å². The van der Waals surface area contributed by atoms with Crippen molar-refractivity contribution in [3.63, 3.8) is 0 Å². The molecule has 4 N–H and O–H groups in total. The number of thiazole rings is 1. The lowest BCUT2D eigenvalue weighted by Crippen LogP contribution is -2.41. The standard InChI is InChI=1S/C24H20N4O2S3/c1-31-15-7-3-13(4-8-15)11-18-23(30)28-21(26)17(12-25)19(20(22(27)29)24(28)33-18)14-5-9-16(32-2)10-6-14/h3-11,19H,26H2,1-2H3,(H2,27,29)/b18-11-/t19-/m1/s1. The SMILES string of the molecule is CSc1ccc(/C=c2\sc3n(c2=O)C(N)=C(C#N)[C@@H](c2ccc(SC)cc2)C=3C(N)=O)cc1. The number of hydrogen-bond donors (Lipinski definition) is 2. The summed E-state index contributed by atoms with van der Waals surface area (Å²) in [7, 11) is 0. The maximum absolute atomic E-state index is 13.3. The molecule has 0 saturated carbocycles. The van der Waals surface area contributed by atoms with Crippen LogP contribution in [0.1, 0.15) is 17.0 Å². The van der Waals surface area contributed by atoms with E-state index < -0.39 is 11.8 Å². The van der Waals surface area contributed by atoms with Crippen LogP contribution in [0.15, 0.2) is 68.7 Å². The first-order valence-electron chi connectivity index (χ1n) is 9.85. The van der Waals surface area contributed by atoms with Gasteiger partial charge in [0.05, 0.1) is 27.7 Å². The molecule has 0 unspecified atom stereocenters. The number of allylic oxidation sites excluding steroid dienone is 1. The van der Waals surface area contributed by atoms with Crippen molar-refractivity contribution in [3.05, 3.63) is 84.8 Å². The highest BCUT2D eigenvalue weighted by Crippen LogP contribution is 2.36. The topological polar surface area (TPSA) is 115 Å². The van der Waals surface area contributed by atoms with Crippen molar-refractivity contribution in [3.8, 4) is 6.07 Å². The number of carbonyl (C=O) groups is 1. The molecule has 6 nitrogen and oxygen atoms in total. The number of amides is 1. The number of nitrogens with zero attached hydrogens (tertiary/aromatic N) is 2. The first-order valence-corrected chi connectivity index (χ1v) is 13.1. The second kappa shape index (κ2) is 9.35. The van der Waals surface area contributed by atoms with E-state index in [0.717, 1.165) is 26.7 Å².